The monoisotopic (exact) mass is 627 g/mol. The van der Waals surface area contributed by atoms with Crippen molar-refractivity contribution in [3.63, 3.8) is 0 Å². The Kier molecular flexibility index (Phi) is 11.7. The minimum absolute atomic E-state index is 0.0506. The summed E-state index contributed by atoms with van der Waals surface area (Å²) in [7, 11) is 1.57. The fourth-order valence-electron chi connectivity index (χ4n) is 5.01. The molecule has 0 saturated carbocycles. The van der Waals surface area contributed by atoms with Crippen molar-refractivity contribution >= 4 is 11.8 Å². The number of carbonyl (C=O) groups excluding carboxylic acids is 2. The van der Waals surface area contributed by atoms with E-state index in [1.807, 2.05) is 48.5 Å². The van der Waals surface area contributed by atoms with Crippen molar-refractivity contribution in [2.75, 3.05) is 13.7 Å². The zero-order valence-corrected chi connectivity index (χ0v) is 26.9. The van der Waals surface area contributed by atoms with E-state index in [0.717, 1.165) is 11.1 Å². The Labute approximate surface area is 268 Å². The number of aryl methyl sites for hydroxylation is 2. The van der Waals surface area contributed by atoms with Gasteiger partial charge in [-0.3, -0.25) is 14.2 Å². The normalized spacial score (nSPS) is 11.2. The second-order valence-corrected chi connectivity index (χ2v) is 11.4. The molecule has 0 saturated heterocycles. The predicted octanol–water partition coefficient (Wildman–Crippen LogP) is 5.02. The highest BCUT2D eigenvalue weighted by molar-refractivity contribution is 5.96. The van der Waals surface area contributed by atoms with Crippen LogP contribution in [0.1, 0.15) is 67.2 Å². The third kappa shape index (κ3) is 9.03. The van der Waals surface area contributed by atoms with Crippen LogP contribution in [0.2, 0.25) is 0 Å². The number of ketones is 1. The molecular weight excluding hydrogens is 586 g/mol. The van der Waals surface area contributed by atoms with E-state index in [2.05, 4.69) is 5.10 Å². The lowest BCUT2D eigenvalue weighted by Crippen LogP contribution is -2.43. The van der Waals surface area contributed by atoms with Crippen LogP contribution < -0.4 is 20.7 Å². The number of carbonyl (C=O) groups is 2. The molecule has 0 amide bonds. The van der Waals surface area contributed by atoms with Crippen molar-refractivity contribution in [3.8, 4) is 11.5 Å². The van der Waals surface area contributed by atoms with Crippen LogP contribution in [-0.2, 0) is 35.5 Å². The Morgan fingerprint density at radius 3 is 2.26 bits per heavy atom. The molecule has 4 aromatic rings. The van der Waals surface area contributed by atoms with Crippen LogP contribution in [0.4, 0.5) is 0 Å². The standard InChI is InChI=1S/C36H41N3O7/c1-5-45-34(42)36(2,3)46-30-16-9-14-26(24-30)15-10-22-38-33(41)31(25-27-12-7-6-8-13-27)37-39(35(38)43)23-11-17-32(40)28-18-20-29(44-4)21-19-28/h6-9,12-14,16,18-21,24H,5,10-11,15,17,22-23,25H2,1-4H3. The Bertz CT molecular complexity index is 1740. The van der Waals surface area contributed by atoms with Gasteiger partial charge in [-0.25, -0.2) is 14.3 Å². The SMILES string of the molecule is CCOC(=O)C(C)(C)Oc1cccc(CCCn2c(=O)c(Cc3ccccc3)nn(CCCC(=O)c3ccc(OC)cc3)c2=O)c1. The van der Waals surface area contributed by atoms with Crippen molar-refractivity contribution < 1.29 is 23.8 Å². The van der Waals surface area contributed by atoms with Gasteiger partial charge in [-0.2, -0.15) is 5.10 Å². The molecule has 0 aliphatic rings. The first kappa shape index (κ1) is 33.9. The van der Waals surface area contributed by atoms with Crippen molar-refractivity contribution in [2.24, 2.45) is 0 Å². The molecule has 10 heteroatoms. The average molecular weight is 628 g/mol. The molecule has 4 rings (SSSR count). The third-order valence-electron chi connectivity index (χ3n) is 7.47. The first-order valence-electron chi connectivity index (χ1n) is 15.5. The highest BCUT2D eigenvalue weighted by Gasteiger charge is 2.31. The lowest BCUT2D eigenvalue weighted by molar-refractivity contribution is -0.158. The van der Waals surface area contributed by atoms with E-state index >= 15 is 0 Å². The van der Waals surface area contributed by atoms with Gasteiger partial charge in [0.05, 0.1) is 13.7 Å². The van der Waals surface area contributed by atoms with Gasteiger partial charge in [0, 0.05) is 31.5 Å². The maximum absolute atomic E-state index is 13.5. The van der Waals surface area contributed by atoms with E-state index < -0.39 is 22.8 Å². The fraction of sp³-hybridized carbons (Fsp3) is 0.361. The van der Waals surface area contributed by atoms with Gasteiger partial charge < -0.3 is 14.2 Å². The molecule has 0 N–H and O–H groups in total. The third-order valence-corrected chi connectivity index (χ3v) is 7.47. The zero-order valence-electron chi connectivity index (χ0n) is 26.9. The lowest BCUT2D eigenvalue weighted by Gasteiger charge is -2.24. The van der Waals surface area contributed by atoms with E-state index in [4.69, 9.17) is 14.2 Å². The second-order valence-electron chi connectivity index (χ2n) is 11.4. The summed E-state index contributed by atoms with van der Waals surface area (Å²) in [5.41, 5.74) is 0.582. The van der Waals surface area contributed by atoms with Gasteiger partial charge in [0.25, 0.3) is 5.56 Å². The number of benzene rings is 3. The number of rotatable bonds is 16. The molecule has 10 nitrogen and oxygen atoms in total. The molecule has 1 heterocycles. The van der Waals surface area contributed by atoms with Crippen molar-refractivity contribution in [1.82, 2.24) is 14.3 Å². The molecule has 46 heavy (non-hydrogen) atoms. The van der Waals surface area contributed by atoms with E-state index in [9.17, 15) is 19.2 Å². The number of hydrogen-bond donors (Lipinski definition) is 0. The average Bonchev–Trinajstić information content (AvgIpc) is 3.05. The number of esters is 1. The molecule has 0 radical (unpaired) electrons. The van der Waals surface area contributed by atoms with Gasteiger partial charge in [0.2, 0.25) is 0 Å². The number of ether oxygens (including phenoxy) is 3. The Balaban J connectivity index is 1.48. The van der Waals surface area contributed by atoms with Crippen LogP contribution in [0.25, 0.3) is 0 Å². The maximum atomic E-state index is 13.5. The molecule has 0 unspecified atom stereocenters. The summed E-state index contributed by atoms with van der Waals surface area (Å²) >= 11 is 0. The van der Waals surface area contributed by atoms with E-state index in [1.165, 1.54) is 9.25 Å². The summed E-state index contributed by atoms with van der Waals surface area (Å²) in [5.74, 6) is 0.684. The molecular formula is C36H41N3O7. The first-order valence-corrected chi connectivity index (χ1v) is 15.5. The minimum atomic E-state index is -1.15. The number of Topliss-reactive ketones (excluding diaryl/α,β-unsaturated/α-hetero) is 1. The lowest BCUT2D eigenvalue weighted by atomic mass is 10.1. The number of methoxy groups -OCH3 is 1. The summed E-state index contributed by atoms with van der Waals surface area (Å²) in [6, 6.07) is 23.8. The van der Waals surface area contributed by atoms with Crippen LogP contribution >= 0.6 is 0 Å². The molecule has 0 spiro atoms. The largest absolute Gasteiger partial charge is 0.497 e. The molecule has 0 atom stereocenters. The van der Waals surface area contributed by atoms with Gasteiger partial charge in [-0.15, -0.1) is 0 Å². The van der Waals surface area contributed by atoms with Gasteiger partial charge in [-0.1, -0.05) is 42.5 Å². The molecule has 242 valence electrons. The van der Waals surface area contributed by atoms with Gasteiger partial charge >= 0.3 is 11.7 Å². The first-order chi connectivity index (χ1) is 22.1. The second kappa shape index (κ2) is 15.8. The molecule has 1 aromatic heterocycles. The van der Waals surface area contributed by atoms with Crippen molar-refractivity contribution in [2.45, 2.75) is 71.6 Å². The van der Waals surface area contributed by atoms with Gasteiger partial charge in [0.1, 0.15) is 17.2 Å². The Morgan fingerprint density at radius 1 is 0.848 bits per heavy atom. The Hall–Kier alpha value is -4.99. The van der Waals surface area contributed by atoms with Crippen molar-refractivity contribution in [1.29, 1.82) is 0 Å². The van der Waals surface area contributed by atoms with E-state index in [-0.39, 0.29) is 44.0 Å². The number of hydrogen-bond acceptors (Lipinski definition) is 8. The van der Waals surface area contributed by atoms with Crippen LogP contribution in [-0.4, -0.2) is 45.4 Å². The highest BCUT2D eigenvalue weighted by atomic mass is 16.6. The summed E-state index contributed by atoms with van der Waals surface area (Å²) in [6.07, 6.45) is 1.95. The van der Waals surface area contributed by atoms with Gasteiger partial charge in [-0.05, 0) is 87.6 Å². The topological polar surface area (TPSA) is 119 Å². The van der Waals surface area contributed by atoms with Gasteiger partial charge in [0.15, 0.2) is 11.4 Å². The summed E-state index contributed by atoms with van der Waals surface area (Å²) in [6.45, 7) is 5.69. The molecule has 0 fully saturated rings. The highest BCUT2D eigenvalue weighted by Crippen LogP contribution is 2.22. The molecule has 0 aliphatic carbocycles. The number of aromatic nitrogens is 3. The van der Waals surface area contributed by atoms with Crippen LogP contribution in [0, 0.1) is 0 Å². The fourth-order valence-corrected chi connectivity index (χ4v) is 5.01. The molecule has 3 aromatic carbocycles. The summed E-state index contributed by atoms with van der Waals surface area (Å²) in [5, 5.41) is 4.45. The number of nitrogens with zero attached hydrogens (tertiary/aromatic N) is 3. The van der Waals surface area contributed by atoms with Crippen molar-refractivity contribution in [3.05, 3.63) is 122 Å². The van der Waals surface area contributed by atoms with Crippen LogP contribution in [0.5, 0.6) is 11.5 Å². The van der Waals surface area contributed by atoms with E-state index in [0.29, 0.717) is 36.3 Å². The summed E-state index contributed by atoms with van der Waals surface area (Å²) < 4.78 is 18.7. The quantitative estimate of drug-likeness (QED) is 0.126. The van der Waals surface area contributed by atoms with Crippen LogP contribution in [0.3, 0.4) is 0 Å². The molecule has 0 aliphatic heterocycles. The summed E-state index contributed by atoms with van der Waals surface area (Å²) in [4.78, 5) is 52.0. The smallest absolute Gasteiger partial charge is 0.349 e. The molecule has 0 bridgehead atoms. The minimum Gasteiger partial charge on any atom is -0.497 e. The Morgan fingerprint density at radius 2 is 1.57 bits per heavy atom. The van der Waals surface area contributed by atoms with Crippen LogP contribution in [0.15, 0.2) is 88.5 Å². The zero-order chi connectivity index (χ0) is 33.1. The maximum Gasteiger partial charge on any atom is 0.349 e. The van der Waals surface area contributed by atoms with E-state index in [1.54, 1.807) is 58.2 Å². The predicted molar refractivity (Wildman–Crippen MR) is 175 cm³/mol.